The average Bonchev–Trinajstić information content (AvgIpc) is 2.78. The summed E-state index contributed by atoms with van der Waals surface area (Å²) >= 11 is 1.12. The molecule has 9 heteroatoms. The molecular weight excluding hydrogens is 305 g/mol. The lowest BCUT2D eigenvalue weighted by molar-refractivity contribution is -0.144. The molecule has 1 aliphatic rings. The fourth-order valence-corrected chi connectivity index (χ4v) is 3.17. The van der Waals surface area contributed by atoms with E-state index in [4.69, 9.17) is 0 Å². The Morgan fingerprint density at radius 2 is 2.10 bits per heavy atom. The monoisotopic (exact) mass is 314 g/mol. The SMILES string of the molecule is CC(=O)Nc1nc2c(s1)-c1nc(C(F)(F)F)ncc1CC2. The van der Waals surface area contributed by atoms with Crippen LogP contribution in [0.15, 0.2) is 6.20 Å². The molecule has 2 aromatic heterocycles. The highest BCUT2D eigenvalue weighted by Crippen LogP contribution is 2.39. The Morgan fingerprint density at radius 1 is 1.33 bits per heavy atom. The summed E-state index contributed by atoms with van der Waals surface area (Å²) in [6, 6.07) is 0. The minimum absolute atomic E-state index is 0.257. The van der Waals surface area contributed by atoms with E-state index in [1.165, 1.54) is 13.1 Å². The molecule has 0 radical (unpaired) electrons. The molecule has 0 atom stereocenters. The zero-order chi connectivity index (χ0) is 15.2. The van der Waals surface area contributed by atoms with Gasteiger partial charge in [0, 0.05) is 13.1 Å². The van der Waals surface area contributed by atoms with Gasteiger partial charge in [0.15, 0.2) is 5.13 Å². The number of fused-ring (bicyclic) bond motifs is 3. The van der Waals surface area contributed by atoms with Crippen molar-refractivity contribution in [3.63, 3.8) is 0 Å². The number of nitrogens with zero attached hydrogens (tertiary/aromatic N) is 3. The van der Waals surface area contributed by atoms with Crippen LogP contribution in [0.1, 0.15) is 24.0 Å². The van der Waals surface area contributed by atoms with Crippen molar-refractivity contribution in [2.45, 2.75) is 25.9 Å². The molecule has 1 aliphatic carbocycles. The van der Waals surface area contributed by atoms with E-state index in [0.29, 0.717) is 34.1 Å². The van der Waals surface area contributed by atoms with Crippen molar-refractivity contribution in [3.05, 3.63) is 23.3 Å². The lowest BCUT2D eigenvalue weighted by Gasteiger charge is -2.15. The molecule has 0 unspecified atom stereocenters. The van der Waals surface area contributed by atoms with Crippen LogP contribution in [-0.2, 0) is 23.8 Å². The quantitative estimate of drug-likeness (QED) is 0.879. The van der Waals surface area contributed by atoms with Crippen LogP contribution in [0, 0.1) is 0 Å². The Balaban J connectivity index is 2.08. The third-order valence-electron chi connectivity index (χ3n) is 2.94. The first-order valence-corrected chi connectivity index (χ1v) is 6.87. The van der Waals surface area contributed by atoms with Gasteiger partial charge < -0.3 is 5.32 Å². The van der Waals surface area contributed by atoms with E-state index >= 15 is 0 Å². The number of halogens is 3. The van der Waals surface area contributed by atoms with Crippen LogP contribution in [0.4, 0.5) is 18.3 Å². The van der Waals surface area contributed by atoms with Gasteiger partial charge in [-0.25, -0.2) is 15.0 Å². The fourth-order valence-electron chi connectivity index (χ4n) is 2.09. The summed E-state index contributed by atoms with van der Waals surface area (Å²) in [5.41, 5.74) is 1.57. The number of nitrogens with one attached hydrogen (secondary N) is 1. The smallest absolute Gasteiger partial charge is 0.302 e. The molecule has 0 spiro atoms. The van der Waals surface area contributed by atoms with Crippen molar-refractivity contribution in [1.29, 1.82) is 0 Å². The van der Waals surface area contributed by atoms with Crippen molar-refractivity contribution >= 4 is 22.4 Å². The highest BCUT2D eigenvalue weighted by Gasteiger charge is 2.36. The van der Waals surface area contributed by atoms with Crippen LogP contribution < -0.4 is 5.32 Å². The molecule has 2 heterocycles. The van der Waals surface area contributed by atoms with Gasteiger partial charge >= 0.3 is 6.18 Å². The van der Waals surface area contributed by atoms with Crippen LogP contribution in [0.25, 0.3) is 10.6 Å². The van der Waals surface area contributed by atoms with Gasteiger partial charge in [0.1, 0.15) is 0 Å². The van der Waals surface area contributed by atoms with Crippen molar-refractivity contribution in [2.75, 3.05) is 5.32 Å². The number of aromatic nitrogens is 3. The zero-order valence-corrected chi connectivity index (χ0v) is 11.6. The third-order valence-corrected chi connectivity index (χ3v) is 3.96. The molecule has 3 rings (SSSR count). The van der Waals surface area contributed by atoms with Crippen molar-refractivity contribution in [3.8, 4) is 10.6 Å². The van der Waals surface area contributed by atoms with Gasteiger partial charge in [-0.2, -0.15) is 13.2 Å². The Labute approximate surface area is 121 Å². The lowest BCUT2D eigenvalue weighted by Crippen LogP contribution is -2.14. The van der Waals surface area contributed by atoms with Crippen molar-refractivity contribution < 1.29 is 18.0 Å². The molecule has 1 amide bonds. The largest absolute Gasteiger partial charge is 0.451 e. The second-order valence-corrected chi connectivity index (χ2v) is 5.54. The summed E-state index contributed by atoms with van der Waals surface area (Å²) in [6.07, 6.45) is -2.25. The van der Waals surface area contributed by atoms with E-state index in [1.807, 2.05) is 0 Å². The van der Waals surface area contributed by atoms with Gasteiger partial charge in [0.25, 0.3) is 0 Å². The lowest BCUT2D eigenvalue weighted by atomic mass is 10.00. The normalized spacial score (nSPS) is 13.5. The number of hydrogen-bond acceptors (Lipinski definition) is 5. The van der Waals surface area contributed by atoms with Crippen LogP contribution in [0.2, 0.25) is 0 Å². The average molecular weight is 314 g/mol. The van der Waals surface area contributed by atoms with Gasteiger partial charge in [0.2, 0.25) is 11.7 Å². The van der Waals surface area contributed by atoms with Crippen molar-refractivity contribution in [2.24, 2.45) is 0 Å². The molecule has 0 fully saturated rings. The second-order valence-electron chi connectivity index (χ2n) is 4.54. The number of hydrogen-bond donors (Lipinski definition) is 1. The number of aryl methyl sites for hydroxylation is 2. The van der Waals surface area contributed by atoms with Crippen LogP contribution in [-0.4, -0.2) is 20.9 Å². The molecule has 0 bridgehead atoms. The highest BCUT2D eigenvalue weighted by atomic mass is 32.1. The molecule has 0 aliphatic heterocycles. The van der Waals surface area contributed by atoms with Crippen LogP contribution in [0.5, 0.6) is 0 Å². The van der Waals surface area contributed by atoms with E-state index in [1.54, 1.807) is 0 Å². The fraction of sp³-hybridized carbons (Fsp3) is 0.333. The molecule has 110 valence electrons. The van der Waals surface area contributed by atoms with Gasteiger partial charge in [0.05, 0.1) is 16.3 Å². The minimum Gasteiger partial charge on any atom is -0.302 e. The van der Waals surface area contributed by atoms with Gasteiger partial charge in [-0.05, 0) is 18.4 Å². The first kappa shape index (κ1) is 13.9. The van der Waals surface area contributed by atoms with Gasteiger partial charge in [-0.15, -0.1) is 0 Å². The van der Waals surface area contributed by atoms with E-state index < -0.39 is 12.0 Å². The molecule has 0 aromatic carbocycles. The summed E-state index contributed by atoms with van der Waals surface area (Å²) in [5.74, 6) is -1.44. The van der Waals surface area contributed by atoms with Crippen LogP contribution in [0.3, 0.4) is 0 Å². The maximum absolute atomic E-state index is 12.7. The molecule has 21 heavy (non-hydrogen) atoms. The molecule has 0 saturated carbocycles. The number of thiazole rings is 1. The Hall–Kier alpha value is -2.03. The van der Waals surface area contributed by atoms with E-state index in [0.717, 1.165) is 11.3 Å². The number of rotatable bonds is 1. The van der Waals surface area contributed by atoms with Gasteiger partial charge in [-0.3, -0.25) is 4.79 Å². The molecule has 1 N–H and O–H groups in total. The standard InChI is InChI=1S/C12H9F3N4OS/c1-5(20)17-11-18-7-3-2-6-4-16-10(12(13,14)15)19-8(6)9(7)21-11/h4H,2-3H2,1H3,(H,17,18,20). The topological polar surface area (TPSA) is 67.8 Å². The summed E-state index contributed by atoms with van der Waals surface area (Å²) in [5, 5.41) is 2.91. The highest BCUT2D eigenvalue weighted by molar-refractivity contribution is 7.19. The Kier molecular flexibility index (Phi) is 3.16. The van der Waals surface area contributed by atoms with E-state index in [-0.39, 0.29) is 11.6 Å². The number of amides is 1. The minimum atomic E-state index is -4.59. The molecule has 5 nitrogen and oxygen atoms in total. The predicted octanol–water partition coefficient (Wildman–Crippen LogP) is 2.68. The number of alkyl halides is 3. The maximum atomic E-state index is 12.7. The molecule has 2 aromatic rings. The number of carbonyl (C=O) groups is 1. The first-order valence-electron chi connectivity index (χ1n) is 6.05. The maximum Gasteiger partial charge on any atom is 0.451 e. The number of anilines is 1. The molecule has 0 saturated heterocycles. The van der Waals surface area contributed by atoms with E-state index in [2.05, 4.69) is 20.3 Å². The first-order chi connectivity index (χ1) is 9.84. The summed E-state index contributed by atoms with van der Waals surface area (Å²) < 4.78 is 38.2. The third kappa shape index (κ3) is 2.60. The summed E-state index contributed by atoms with van der Waals surface area (Å²) in [6.45, 7) is 1.35. The number of carbonyl (C=O) groups excluding carboxylic acids is 1. The second kappa shape index (κ2) is 4.76. The summed E-state index contributed by atoms with van der Waals surface area (Å²) in [7, 11) is 0. The molecular formula is C12H9F3N4OS. The zero-order valence-electron chi connectivity index (χ0n) is 10.8. The Bertz CT molecular complexity index is 726. The van der Waals surface area contributed by atoms with Crippen molar-refractivity contribution in [1.82, 2.24) is 15.0 Å². The van der Waals surface area contributed by atoms with E-state index in [9.17, 15) is 18.0 Å². The van der Waals surface area contributed by atoms with Crippen LogP contribution >= 0.6 is 11.3 Å². The predicted molar refractivity (Wildman–Crippen MR) is 69.9 cm³/mol. The Morgan fingerprint density at radius 3 is 2.76 bits per heavy atom. The summed E-state index contributed by atoms with van der Waals surface area (Å²) in [4.78, 5) is 22.8. The van der Waals surface area contributed by atoms with Gasteiger partial charge in [-0.1, -0.05) is 11.3 Å².